The van der Waals surface area contributed by atoms with Gasteiger partial charge >= 0.3 is 0 Å². The van der Waals surface area contributed by atoms with Crippen molar-refractivity contribution in [2.45, 2.75) is 26.7 Å². The highest BCUT2D eigenvalue weighted by Gasteiger charge is 2.14. The summed E-state index contributed by atoms with van der Waals surface area (Å²) in [5, 5.41) is 2.77. The molecule has 0 saturated heterocycles. The summed E-state index contributed by atoms with van der Waals surface area (Å²) in [5.74, 6) is -0.394. The van der Waals surface area contributed by atoms with Crippen LogP contribution in [0.15, 0.2) is 24.3 Å². The standard InChI is InChI=1S/C17H25N3O4/c1-3-20(12-15(18)21)16(22)10-7-11-19-17(23)13-8-5-6-9-14(13)24-4-2/h5-6,8-9H,3-4,7,10-12H2,1-2H3,(H2,18,21)(H,19,23). The zero-order valence-electron chi connectivity index (χ0n) is 14.2. The molecule has 3 amide bonds. The highest BCUT2D eigenvalue weighted by molar-refractivity contribution is 5.96. The normalized spacial score (nSPS) is 10.1. The van der Waals surface area contributed by atoms with Crippen LogP contribution in [0.5, 0.6) is 5.75 Å². The summed E-state index contributed by atoms with van der Waals surface area (Å²) in [6.45, 7) is 4.82. The van der Waals surface area contributed by atoms with Gasteiger partial charge in [-0.3, -0.25) is 14.4 Å². The van der Waals surface area contributed by atoms with Crippen LogP contribution in [-0.2, 0) is 9.59 Å². The van der Waals surface area contributed by atoms with Crippen LogP contribution in [0.2, 0.25) is 0 Å². The van der Waals surface area contributed by atoms with Crippen LogP contribution in [0, 0.1) is 0 Å². The Bertz CT molecular complexity index is 575. The second kappa shape index (κ2) is 10.3. The van der Waals surface area contributed by atoms with Crippen molar-refractivity contribution in [2.24, 2.45) is 5.73 Å². The molecule has 24 heavy (non-hydrogen) atoms. The molecular formula is C17H25N3O4. The Balaban J connectivity index is 2.43. The average Bonchev–Trinajstić information content (AvgIpc) is 2.56. The predicted molar refractivity (Wildman–Crippen MR) is 90.6 cm³/mol. The molecule has 0 radical (unpaired) electrons. The molecule has 0 aromatic heterocycles. The summed E-state index contributed by atoms with van der Waals surface area (Å²) in [4.78, 5) is 36.4. The molecule has 0 atom stereocenters. The van der Waals surface area contributed by atoms with Gasteiger partial charge in [0, 0.05) is 19.5 Å². The molecule has 1 aromatic carbocycles. The summed E-state index contributed by atoms with van der Waals surface area (Å²) < 4.78 is 5.42. The molecule has 132 valence electrons. The van der Waals surface area contributed by atoms with E-state index in [1.807, 2.05) is 6.92 Å². The quantitative estimate of drug-likeness (QED) is 0.621. The van der Waals surface area contributed by atoms with Crippen molar-refractivity contribution in [3.8, 4) is 5.75 Å². The number of amides is 3. The van der Waals surface area contributed by atoms with E-state index in [-0.39, 0.29) is 24.8 Å². The Kier molecular flexibility index (Phi) is 8.32. The Hall–Kier alpha value is -2.57. The average molecular weight is 335 g/mol. The van der Waals surface area contributed by atoms with Crippen LogP contribution < -0.4 is 15.8 Å². The van der Waals surface area contributed by atoms with Gasteiger partial charge in [0.15, 0.2) is 0 Å². The number of ether oxygens (including phenoxy) is 1. The van der Waals surface area contributed by atoms with E-state index in [1.165, 1.54) is 4.90 Å². The summed E-state index contributed by atoms with van der Waals surface area (Å²) >= 11 is 0. The highest BCUT2D eigenvalue weighted by atomic mass is 16.5. The number of likely N-dealkylation sites (N-methyl/N-ethyl adjacent to an activating group) is 1. The number of benzene rings is 1. The lowest BCUT2D eigenvalue weighted by atomic mass is 10.2. The van der Waals surface area contributed by atoms with E-state index in [2.05, 4.69) is 5.32 Å². The summed E-state index contributed by atoms with van der Waals surface area (Å²) in [6.07, 6.45) is 0.727. The maximum absolute atomic E-state index is 12.2. The number of para-hydroxylation sites is 1. The molecular weight excluding hydrogens is 310 g/mol. The van der Waals surface area contributed by atoms with Gasteiger partial charge in [0.05, 0.1) is 18.7 Å². The van der Waals surface area contributed by atoms with Crippen LogP contribution in [0.4, 0.5) is 0 Å². The van der Waals surface area contributed by atoms with E-state index in [0.29, 0.717) is 37.4 Å². The predicted octanol–water partition coefficient (Wildman–Crippen LogP) is 0.929. The van der Waals surface area contributed by atoms with E-state index >= 15 is 0 Å². The first-order valence-corrected chi connectivity index (χ1v) is 8.05. The summed E-state index contributed by atoms with van der Waals surface area (Å²) in [5.41, 5.74) is 5.57. The molecule has 1 aromatic rings. The van der Waals surface area contributed by atoms with E-state index in [4.69, 9.17) is 10.5 Å². The van der Waals surface area contributed by atoms with Crippen LogP contribution in [0.3, 0.4) is 0 Å². The molecule has 0 bridgehead atoms. The Morgan fingerprint density at radius 3 is 2.54 bits per heavy atom. The molecule has 0 saturated carbocycles. The first-order chi connectivity index (χ1) is 11.5. The third kappa shape index (κ3) is 6.28. The second-order valence-electron chi connectivity index (χ2n) is 5.16. The number of nitrogens with zero attached hydrogens (tertiary/aromatic N) is 1. The second-order valence-corrected chi connectivity index (χ2v) is 5.16. The van der Waals surface area contributed by atoms with E-state index in [0.717, 1.165) is 0 Å². The van der Waals surface area contributed by atoms with Crippen molar-refractivity contribution in [1.82, 2.24) is 10.2 Å². The number of rotatable bonds is 10. The SMILES string of the molecule is CCOc1ccccc1C(=O)NCCCC(=O)N(CC)CC(N)=O. The van der Waals surface area contributed by atoms with Crippen LogP contribution in [0.1, 0.15) is 37.0 Å². The third-order valence-corrected chi connectivity index (χ3v) is 3.37. The number of carbonyl (C=O) groups is 3. The zero-order valence-corrected chi connectivity index (χ0v) is 14.2. The molecule has 0 aliphatic carbocycles. The van der Waals surface area contributed by atoms with Gasteiger partial charge in [0.1, 0.15) is 5.75 Å². The van der Waals surface area contributed by atoms with Crippen molar-refractivity contribution in [1.29, 1.82) is 0 Å². The molecule has 0 fully saturated rings. The summed E-state index contributed by atoms with van der Waals surface area (Å²) in [6, 6.07) is 7.00. The highest BCUT2D eigenvalue weighted by Crippen LogP contribution is 2.17. The molecule has 7 nitrogen and oxygen atoms in total. The van der Waals surface area contributed by atoms with E-state index in [1.54, 1.807) is 31.2 Å². The van der Waals surface area contributed by atoms with Crippen LogP contribution in [0.25, 0.3) is 0 Å². The fraction of sp³-hybridized carbons (Fsp3) is 0.471. The number of hydrogen-bond acceptors (Lipinski definition) is 4. The molecule has 0 unspecified atom stereocenters. The smallest absolute Gasteiger partial charge is 0.255 e. The molecule has 1 rings (SSSR count). The van der Waals surface area contributed by atoms with Crippen molar-refractivity contribution in [2.75, 3.05) is 26.2 Å². The van der Waals surface area contributed by atoms with E-state index in [9.17, 15) is 14.4 Å². The lowest BCUT2D eigenvalue weighted by Gasteiger charge is -2.19. The minimum atomic E-state index is -0.536. The van der Waals surface area contributed by atoms with Gasteiger partial charge < -0.3 is 20.7 Å². The van der Waals surface area contributed by atoms with Gasteiger partial charge in [-0.2, -0.15) is 0 Å². The van der Waals surface area contributed by atoms with Crippen molar-refractivity contribution < 1.29 is 19.1 Å². The number of nitrogens with one attached hydrogen (secondary N) is 1. The first-order valence-electron chi connectivity index (χ1n) is 8.05. The molecule has 0 aliphatic rings. The number of carbonyl (C=O) groups excluding carboxylic acids is 3. The minimum absolute atomic E-state index is 0.0799. The molecule has 3 N–H and O–H groups in total. The van der Waals surface area contributed by atoms with Crippen LogP contribution in [-0.4, -0.2) is 48.9 Å². The fourth-order valence-corrected chi connectivity index (χ4v) is 2.19. The summed E-state index contributed by atoms with van der Waals surface area (Å²) in [7, 11) is 0. The number of nitrogens with two attached hydrogens (primary N) is 1. The van der Waals surface area contributed by atoms with Crippen molar-refractivity contribution >= 4 is 17.7 Å². The zero-order chi connectivity index (χ0) is 17.9. The molecule has 7 heteroatoms. The molecule has 0 spiro atoms. The van der Waals surface area contributed by atoms with Crippen LogP contribution >= 0.6 is 0 Å². The monoisotopic (exact) mass is 335 g/mol. The maximum Gasteiger partial charge on any atom is 0.255 e. The van der Waals surface area contributed by atoms with Crippen molar-refractivity contribution in [3.63, 3.8) is 0 Å². The molecule has 0 heterocycles. The number of primary amides is 1. The van der Waals surface area contributed by atoms with Gasteiger partial charge in [0.2, 0.25) is 11.8 Å². The Morgan fingerprint density at radius 2 is 1.92 bits per heavy atom. The van der Waals surface area contributed by atoms with E-state index < -0.39 is 5.91 Å². The fourth-order valence-electron chi connectivity index (χ4n) is 2.19. The Morgan fingerprint density at radius 1 is 1.21 bits per heavy atom. The van der Waals surface area contributed by atoms with Gasteiger partial charge in [-0.15, -0.1) is 0 Å². The first kappa shape index (κ1) is 19.5. The third-order valence-electron chi connectivity index (χ3n) is 3.37. The lowest BCUT2D eigenvalue weighted by Crippen LogP contribution is -2.38. The van der Waals surface area contributed by atoms with Crippen molar-refractivity contribution in [3.05, 3.63) is 29.8 Å². The maximum atomic E-state index is 12.2. The van der Waals surface area contributed by atoms with Gasteiger partial charge in [-0.1, -0.05) is 12.1 Å². The Labute approximate surface area is 142 Å². The molecule has 0 aliphatic heterocycles. The lowest BCUT2D eigenvalue weighted by molar-refractivity contribution is -0.135. The topological polar surface area (TPSA) is 102 Å². The van der Waals surface area contributed by atoms with Gasteiger partial charge in [0.25, 0.3) is 5.91 Å². The largest absolute Gasteiger partial charge is 0.493 e. The minimum Gasteiger partial charge on any atom is -0.493 e. The number of hydrogen-bond donors (Lipinski definition) is 2. The van der Waals surface area contributed by atoms with Gasteiger partial charge in [-0.05, 0) is 32.4 Å². The van der Waals surface area contributed by atoms with Gasteiger partial charge in [-0.25, -0.2) is 0 Å².